The van der Waals surface area contributed by atoms with Crippen LogP contribution >= 0.6 is 11.8 Å². The molecule has 0 spiro atoms. The lowest BCUT2D eigenvalue weighted by Crippen LogP contribution is -2.05. The van der Waals surface area contributed by atoms with Gasteiger partial charge in [-0.3, -0.25) is 9.78 Å². The number of aliphatic hydroxyl groups is 1. The minimum atomic E-state index is -0.529. The molecule has 0 amide bonds. The Morgan fingerprint density at radius 3 is 2.83 bits per heavy atom. The Bertz CT molecular complexity index is 568. The van der Waals surface area contributed by atoms with Crippen LogP contribution in [0.25, 0.3) is 0 Å². The van der Waals surface area contributed by atoms with E-state index in [1.165, 1.54) is 24.0 Å². The minimum absolute atomic E-state index is 0.182. The van der Waals surface area contributed by atoms with Gasteiger partial charge in [-0.05, 0) is 18.6 Å². The maximum Gasteiger partial charge on any atom is 0.251 e. The Morgan fingerprint density at radius 1 is 1.39 bits per heavy atom. The molecule has 2 aromatic heterocycles. The predicted octanol–water partition coefficient (Wildman–Crippen LogP) is 1.76. The third-order valence-electron chi connectivity index (χ3n) is 2.35. The van der Waals surface area contributed by atoms with Crippen LogP contribution in [0.5, 0.6) is 0 Å². The van der Waals surface area contributed by atoms with E-state index in [0.29, 0.717) is 17.3 Å². The Balaban J connectivity index is 2.13. The molecule has 2 rings (SSSR count). The van der Waals surface area contributed by atoms with E-state index in [2.05, 4.69) is 15.0 Å². The van der Waals surface area contributed by atoms with Gasteiger partial charge in [0.1, 0.15) is 0 Å². The molecule has 94 valence electrons. The second kappa shape index (κ2) is 5.79. The molecule has 1 unspecified atom stereocenters. The fourth-order valence-electron chi connectivity index (χ4n) is 1.37. The van der Waals surface area contributed by atoms with Gasteiger partial charge in [0, 0.05) is 23.4 Å². The van der Waals surface area contributed by atoms with E-state index in [4.69, 9.17) is 0 Å². The number of aromatic amines is 1. The molecule has 0 bridgehead atoms. The van der Waals surface area contributed by atoms with Gasteiger partial charge in [0.2, 0.25) is 0 Å². The van der Waals surface area contributed by atoms with Crippen LogP contribution < -0.4 is 5.56 Å². The van der Waals surface area contributed by atoms with Gasteiger partial charge in [-0.15, -0.1) is 0 Å². The fraction of sp³-hybridized carbons (Fsp3) is 0.250. The van der Waals surface area contributed by atoms with Crippen LogP contribution in [0.15, 0.2) is 45.4 Å². The Morgan fingerprint density at radius 2 is 2.22 bits per heavy atom. The summed E-state index contributed by atoms with van der Waals surface area (Å²) < 4.78 is 0. The highest BCUT2D eigenvalue weighted by Gasteiger charge is 2.06. The maximum atomic E-state index is 11.1. The summed E-state index contributed by atoms with van der Waals surface area (Å²) in [6, 6.07) is 4.99. The lowest BCUT2D eigenvalue weighted by Gasteiger charge is -2.07. The van der Waals surface area contributed by atoms with Gasteiger partial charge in [0.05, 0.1) is 11.8 Å². The molecule has 0 aliphatic heterocycles. The molecular formula is C12H13N3O2S. The number of hydrogen-bond donors (Lipinski definition) is 2. The van der Waals surface area contributed by atoms with E-state index in [1.54, 1.807) is 12.3 Å². The maximum absolute atomic E-state index is 11.1. The minimum Gasteiger partial charge on any atom is -0.387 e. The van der Waals surface area contributed by atoms with Crippen molar-refractivity contribution >= 4 is 11.8 Å². The summed E-state index contributed by atoms with van der Waals surface area (Å²) in [5.74, 6) is 0. The number of rotatable bonds is 4. The van der Waals surface area contributed by atoms with Crippen molar-refractivity contribution < 1.29 is 5.11 Å². The first-order valence-corrected chi connectivity index (χ1v) is 6.38. The Kier molecular flexibility index (Phi) is 4.11. The van der Waals surface area contributed by atoms with Gasteiger partial charge in [-0.25, -0.2) is 4.98 Å². The van der Waals surface area contributed by atoms with Crippen LogP contribution in [-0.4, -0.2) is 20.1 Å². The van der Waals surface area contributed by atoms with E-state index >= 15 is 0 Å². The Hall–Kier alpha value is -1.66. The number of nitrogens with zero attached hydrogens (tertiary/aromatic N) is 2. The van der Waals surface area contributed by atoms with Gasteiger partial charge in [-0.1, -0.05) is 18.7 Å². The largest absolute Gasteiger partial charge is 0.387 e. The summed E-state index contributed by atoms with van der Waals surface area (Å²) in [6.07, 6.45) is 3.22. The van der Waals surface area contributed by atoms with Crippen LogP contribution in [0.4, 0.5) is 0 Å². The zero-order valence-electron chi connectivity index (χ0n) is 9.83. The Labute approximate surface area is 108 Å². The molecule has 2 N–H and O–H groups in total. The van der Waals surface area contributed by atoms with E-state index < -0.39 is 6.10 Å². The summed E-state index contributed by atoms with van der Waals surface area (Å²) in [4.78, 5) is 22.8. The van der Waals surface area contributed by atoms with Crippen molar-refractivity contribution in [3.05, 3.63) is 46.6 Å². The highest BCUT2D eigenvalue weighted by Crippen LogP contribution is 2.24. The van der Waals surface area contributed by atoms with Crippen molar-refractivity contribution in [1.29, 1.82) is 0 Å². The van der Waals surface area contributed by atoms with Crippen molar-refractivity contribution in [2.75, 3.05) is 0 Å². The molecule has 0 saturated carbocycles. The molecule has 0 saturated heterocycles. The van der Waals surface area contributed by atoms with Crippen molar-refractivity contribution in [2.45, 2.75) is 29.5 Å². The smallest absolute Gasteiger partial charge is 0.251 e. The molecule has 5 nitrogen and oxygen atoms in total. The lowest BCUT2D eigenvalue weighted by atomic mass is 10.2. The molecule has 1 atom stereocenters. The van der Waals surface area contributed by atoms with Crippen molar-refractivity contribution in [2.24, 2.45) is 0 Å². The van der Waals surface area contributed by atoms with Crippen LogP contribution in [0, 0.1) is 0 Å². The van der Waals surface area contributed by atoms with E-state index in [1.807, 2.05) is 13.0 Å². The predicted molar refractivity (Wildman–Crippen MR) is 68.5 cm³/mol. The first kappa shape index (κ1) is 12.8. The number of aliphatic hydroxyl groups excluding tert-OH is 1. The number of aromatic nitrogens is 3. The van der Waals surface area contributed by atoms with Crippen LogP contribution in [0.3, 0.4) is 0 Å². The third-order valence-corrected chi connectivity index (χ3v) is 3.23. The summed E-state index contributed by atoms with van der Waals surface area (Å²) >= 11 is 1.32. The van der Waals surface area contributed by atoms with E-state index in [9.17, 15) is 9.90 Å². The SMILES string of the molecule is CCC(O)c1ccc(Sc2nccc(=O)[nH]2)cn1. The van der Waals surface area contributed by atoms with E-state index in [-0.39, 0.29) is 5.56 Å². The zero-order chi connectivity index (χ0) is 13.0. The number of nitrogens with one attached hydrogen (secondary N) is 1. The van der Waals surface area contributed by atoms with Gasteiger partial charge < -0.3 is 10.1 Å². The van der Waals surface area contributed by atoms with Crippen molar-refractivity contribution in [1.82, 2.24) is 15.0 Å². The molecule has 0 radical (unpaired) electrons. The quantitative estimate of drug-likeness (QED) is 0.822. The molecule has 2 heterocycles. The zero-order valence-corrected chi connectivity index (χ0v) is 10.6. The average molecular weight is 263 g/mol. The highest BCUT2D eigenvalue weighted by molar-refractivity contribution is 7.99. The van der Waals surface area contributed by atoms with Gasteiger partial charge in [-0.2, -0.15) is 0 Å². The van der Waals surface area contributed by atoms with Crippen molar-refractivity contribution in [3.8, 4) is 0 Å². The molecule has 0 fully saturated rings. The number of H-pyrrole nitrogens is 1. The number of pyridine rings is 1. The molecule has 0 aromatic carbocycles. The normalized spacial score (nSPS) is 12.3. The lowest BCUT2D eigenvalue weighted by molar-refractivity contribution is 0.169. The first-order chi connectivity index (χ1) is 8.69. The average Bonchev–Trinajstić information content (AvgIpc) is 2.39. The van der Waals surface area contributed by atoms with Gasteiger partial charge >= 0.3 is 0 Å². The molecule has 0 aliphatic rings. The first-order valence-electron chi connectivity index (χ1n) is 5.56. The second-order valence-electron chi connectivity index (χ2n) is 3.68. The summed E-state index contributed by atoms with van der Waals surface area (Å²) in [7, 11) is 0. The van der Waals surface area contributed by atoms with Crippen LogP contribution in [0.1, 0.15) is 25.1 Å². The second-order valence-corrected chi connectivity index (χ2v) is 4.75. The molecular weight excluding hydrogens is 250 g/mol. The summed E-state index contributed by atoms with van der Waals surface area (Å²) in [6.45, 7) is 1.90. The van der Waals surface area contributed by atoms with Gasteiger partial charge in [0.15, 0.2) is 5.16 Å². The van der Waals surface area contributed by atoms with Crippen molar-refractivity contribution in [3.63, 3.8) is 0 Å². The highest BCUT2D eigenvalue weighted by atomic mass is 32.2. The molecule has 0 aliphatic carbocycles. The van der Waals surface area contributed by atoms with Gasteiger partial charge in [0.25, 0.3) is 5.56 Å². The standard InChI is InChI=1S/C12H13N3O2S/c1-2-10(16)9-4-3-8(7-14-9)18-12-13-6-5-11(17)15-12/h3-7,10,16H,2H2,1H3,(H,13,15,17). The number of hydrogen-bond acceptors (Lipinski definition) is 5. The van der Waals surface area contributed by atoms with Crippen LogP contribution in [0.2, 0.25) is 0 Å². The fourth-order valence-corrected chi connectivity index (χ4v) is 2.10. The molecule has 6 heteroatoms. The topological polar surface area (TPSA) is 78.9 Å². The third kappa shape index (κ3) is 3.18. The molecule has 2 aromatic rings. The molecule has 18 heavy (non-hydrogen) atoms. The summed E-state index contributed by atoms with van der Waals surface area (Å²) in [5.41, 5.74) is 0.467. The monoisotopic (exact) mass is 263 g/mol. The summed E-state index contributed by atoms with van der Waals surface area (Å²) in [5, 5.41) is 10.1. The van der Waals surface area contributed by atoms with Crippen LogP contribution in [-0.2, 0) is 0 Å². The van der Waals surface area contributed by atoms with E-state index in [0.717, 1.165) is 4.90 Å².